The summed E-state index contributed by atoms with van der Waals surface area (Å²) in [5, 5.41) is 5.37. The highest BCUT2D eigenvalue weighted by Gasteiger charge is 2.57. The van der Waals surface area contributed by atoms with Crippen LogP contribution in [0.1, 0.15) is 70.7 Å². The van der Waals surface area contributed by atoms with Crippen molar-refractivity contribution in [2.45, 2.75) is 70.5 Å². The van der Waals surface area contributed by atoms with Gasteiger partial charge in [-0.15, -0.1) is 22.7 Å². The zero-order valence-electron chi connectivity index (χ0n) is 64.2. The highest BCUT2D eigenvalue weighted by molar-refractivity contribution is 7.26. The smallest absolute Gasteiger partial charge is 0.395 e. The predicted octanol–water partition coefficient (Wildman–Crippen LogP) is 26.5. The lowest BCUT2D eigenvalue weighted by molar-refractivity contribution is 0.0262. The number of halogens is 1. The second-order valence-electron chi connectivity index (χ2n) is 31.4. The molecule has 0 N–H and O–H groups in total. The summed E-state index contributed by atoms with van der Waals surface area (Å²) in [4.78, 5) is 29.0. The number of hydrogen-bond acceptors (Lipinski definition) is 10. The van der Waals surface area contributed by atoms with Crippen molar-refractivity contribution >= 4 is 87.2 Å². The maximum Gasteiger partial charge on any atom is 0.498 e. The van der Waals surface area contributed by atoms with Crippen LogP contribution in [0.2, 0.25) is 5.28 Å². The van der Waals surface area contributed by atoms with Crippen LogP contribution >= 0.6 is 34.3 Å². The molecule has 0 radical (unpaired) electrons. The summed E-state index contributed by atoms with van der Waals surface area (Å²) in [7, 11) is -0.471. The van der Waals surface area contributed by atoms with Crippen LogP contribution in [-0.4, -0.2) is 48.2 Å². The number of rotatable bonds is 10. The van der Waals surface area contributed by atoms with Crippen molar-refractivity contribution in [1.82, 2.24) is 29.9 Å². The molecule has 1 saturated heterocycles. The van der Waals surface area contributed by atoms with E-state index in [0.29, 0.717) is 29.1 Å². The third-order valence-corrected chi connectivity index (χ3v) is 25.7. The summed E-state index contributed by atoms with van der Waals surface area (Å²) in [6.07, 6.45) is 0. The third kappa shape index (κ3) is 13.1. The fourth-order valence-electron chi connectivity index (χ4n) is 16.6. The lowest BCUT2D eigenvalue weighted by atomic mass is 9.76. The molecule has 0 bridgehead atoms. The molecule has 18 aromatic rings. The minimum Gasteiger partial charge on any atom is -0.395 e. The molecule has 5 heterocycles. The van der Waals surface area contributed by atoms with Gasteiger partial charge in [-0.3, -0.25) is 0 Å². The summed E-state index contributed by atoms with van der Waals surface area (Å²) in [6.45, 7) is 19.5. The van der Waals surface area contributed by atoms with Crippen LogP contribution in [0.5, 0.6) is 0 Å². The van der Waals surface area contributed by atoms with Gasteiger partial charge in [0.15, 0.2) is 29.1 Å². The Hall–Kier alpha value is -12.3. The summed E-state index contributed by atoms with van der Waals surface area (Å²) < 4.78 is 17.9. The van der Waals surface area contributed by atoms with E-state index in [1.54, 1.807) is 0 Å². The summed E-state index contributed by atoms with van der Waals surface area (Å²) in [6, 6.07) is 116. The normalized spacial score (nSPS) is 15.2. The molecular weight excluding hydrogens is 1450 g/mol. The van der Waals surface area contributed by atoms with E-state index in [2.05, 4.69) is 323 Å². The quantitative estimate of drug-likeness (QED) is 0.0987. The molecule has 21 rings (SSSR count). The van der Waals surface area contributed by atoms with Crippen LogP contribution in [0.25, 0.3) is 164 Å². The molecule has 548 valence electrons. The van der Waals surface area contributed by atoms with Gasteiger partial charge in [0.25, 0.3) is 0 Å². The van der Waals surface area contributed by atoms with Gasteiger partial charge in [0.2, 0.25) is 10.9 Å². The van der Waals surface area contributed by atoms with Gasteiger partial charge in [0.1, 0.15) is 5.60 Å². The number of hydrogen-bond donors (Lipinski definition) is 0. The molecule has 3 aliphatic rings. The largest absolute Gasteiger partial charge is 0.498 e. The molecule has 0 saturated carbocycles. The molecule has 0 spiro atoms. The summed E-state index contributed by atoms with van der Waals surface area (Å²) in [5.74, 6) is 3.14. The molecule has 14 aromatic carbocycles. The Bertz CT molecular complexity index is 6770. The van der Waals surface area contributed by atoms with Crippen LogP contribution in [0, 0.1) is 6.92 Å². The van der Waals surface area contributed by atoms with Gasteiger partial charge in [-0.05, 0) is 168 Å². The molecule has 1 fully saturated rings. The second kappa shape index (κ2) is 28.7. The highest BCUT2D eigenvalue weighted by atomic mass is 35.5. The van der Waals surface area contributed by atoms with Gasteiger partial charge in [-0.1, -0.05) is 307 Å². The molecule has 0 amide bonds. The lowest BCUT2D eigenvalue weighted by Gasteiger charge is -2.25. The van der Waals surface area contributed by atoms with Gasteiger partial charge in [0, 0.05) is 85.9 Å². The maximum atomic E-state index is 6.39. The molecule has 4 aromatic heterocycles. The van der Waals surface area contributed by atoms with Gasteiger partial charge in [0.05, 0.1) is 6.92 Å². The lowest BCUT2D eigenvalue weighted by Crippen LogP contribution is -2.42. The zero-order valence-corrected chi connectivity index (χ0v) is 66.5. The molecule has 1 unspecified atom stereocenters. The van der Waals surface area contributed by atoms with Crippen LogP contribution in [-0.2, 0) is 20.1 Å². The monoisotopic (exact) mass is 1530 g/mol. The number of thiophene rings is 2. The summed E-state index contributed by atoms with van der Waals surface area (Å²) >= 11 is 9.93. The number of aromatic nitrogens is 6. The number of fused-ring (bicyclic) bond motifs is 12. The van der Waals surface area contributed by atoms with E-state index in [-0.39, 0.29) is 16.1 Å². The van der Waals surface area contributed by atoms with E-state index < -0.39 is 18.3 Å². The van der Waals surface area contributed by atoms with Crippen LogP contribution in [0.4, 0.5) is 0 Å². The average molecular weight is 1530 g/mol. The topological polar surface area (TPSA) is 95.8 Å². The molecule has 1 aliphatic heterocycles. The third-order valence-electron chi connectivity index (χ3n) is 23.1. The van der Waals surface area contributed by atoms with Gasteiger partial charge in [-0.25, -0.2) is 19.9 Å². The van der Waals surface area contributed by atoms with Crippen LogP contribution in [0.15, 0.2) is 328 Å². The number of nitrogens with zero attached hydrogens (tertiary/aromatic N) is 6. The van der Waals surface area contributed by atoms with E-state index in [9.17, 15) is 0 Å². The Labute approximate surface area is 677 Å². The van der Waals surface area contributed by atoms with E-state index in [1.165, 1.54) is 102 Å². The maximum absolute atomic E-state index is 6.39. The van der Waals surface area contributed by atoms with Crippen molar-refractivity contribution in [1.29, 1.82) is 0 Å². The fraction of sp³-hybridized carbons (Fsp3) is 0.108. The Balaban J connectivity index is 0.000000122. The Morgan fingerprint density at radius 2 is 0.623 bits per heavy atom. The van der Waals surface area contributed by atoms with Crippen LogP contribution in [0.3, 0.4) is 0 Å². The van der Waals surface area contributed by atoms with E-state index >= 15 is 0 Å². The van der Waals surface area contributed by atoms with E-state index in [4.69, 9.17) is 35.9 Å². The molecule has 2 aliphatic carbocycles. The minimum atomic E-state index is -0.633. The van der Waals surface area contributed by atoms with Gasteiger partial charge >= 0.3 is 7.12 Å². The SMILES string of the molecule is CC1(C)c2ccccc2-c2ccc(-c3nc(-c4ccccc4)nc(-c4cc(-c5ccccc5)cc(-c5cccc6c5sc5ccccc56)c4)n3)cc21.CC1(C)c2ccccc2-c2ccc(-c3nc(Cl)nc(-c4ccccc4)n3)cc21.[CH2+]C1(C)OB(c2cc(-c3ccccc3)cc(-c3cccc4c3sc3ccccc34)c2)OC1(C)C. The van der Waals surface area contributed by atoms with Crippen molar-refractivity contribution in [3.8, 4) is 124 Å². The van der Waals surface area contributed by atoms with Crippen molar-refractivity contribution in [2.75, 3.05) is 0 Å². The van der Waals surface area contributed by atoms with Gasteiger partial charge in [-0.2, -0.15) is 9.97 Å². The first kappa shape index (κ1) is 72.0. The first-order chi connectivity index (χ1) is 55.4. The van der Waals surface area contributed by atoms with E-state index in [1.807, 2.05) is 98.0 Å². The number of benzene rings is 14. The second-order valence-corrected chi connectivity index (χ2v) is 33.8. The molecular formula is C102H77BClN6O2S2+. The fourth-order valence-corrected chi connectivity index (χ4v) is 19.2. The zero-order chi connectivity index (χ0) is 77.6. The van der Waals surface area contributed by atoms with Crippen molar-refractivity contribution < 1.29 is 9.31 Å². The predicted molar refractivity (Wildman–Crippen MR) is 476 cm³/mol. The Kier molecular flexibility index (Phi) is 18.1. The van der Waals surface area contributed by atoms with E-state index in [0.717, 1.165) is 61.1 Å². The van der Waals surface area contributed by atoms with Crippen molar-refractivity contribution in [3.05, 3.63) is 362 Å². The molecule has 12 heteroatoms. The molecule has 1 atom stereocenters. The average Bonchev–Trinajstić information content (AvgIpc) is 1.58. The van der Waals surface area contributed by atoms with Crippen molar-refractivity contribution in [3.63, 3.8) is 0 Å². The molecule has 8 nitrogen and oxygen atoms in total. The minimum absolute atomic E-state index is 0.0684. The highest BCUT2D eigenvalue weighted by Crippen LogP contribution is 2.52. The van der Waals surface area contributed by atoms with Gasteiger partial charge < -0.3 is 9.31 Å². The standard InChI is InChI=1S/C48H33N3S.C30H26BO2S.C24H18ClN3/c1-48(2)41-22-11-9-18-37(41)38-25-24-32(29-42(38)48)46-49-45(31-16-7-4-8-17-31)50-47(51-46)35-27-33(30-14-5-3-6-15-30)26-34(28-35)36-20-13-21-40-39-19-10-12-23-43(39)52-44(36)40;1-29(2)30(3,4)33-31(32-29)23-18-21(20-11-6-5-7-12-20)17-22(19-23)24-14-10-15-26-25-13-8-9-16-27(25)34-28(24)26;1-24(2)19-11-7-6-10-17(19)18-13-12-16(14-20(18)24)22-26-21(27-23(25)28-22)15-8-4-3-5-9-15/h3-29H,1-2H3;5-19H,1H2,2-4H3;3-14H,1-2H3/q;+1;. The first-order valence-corrected chi connectivity index (χ1v) is 40.6. The summed E-state index contributed by atoms with van der Waals surface area (Å²) in [5.41, 5.74) is 24.2. The molecule has 114 heavy (non-hydrogen) atoms. The Morgan fingerprint density at radius 3 is 1.10 bits per heavy atom. The van der Waals surface area contributed by atoms with Crippen molar-refractivity contribution in [2.24, 2.45) is 0 Å². The first-order valence-electron chi connectivity index (χ1n) is 38.6. The van der Waals surface area contributed by atoms with Crippen LogP contribution < -0.4 is 5.46 Å². The Morgan fingerprint density at radius 1 is 0.281 bits per heavy atom.